The lowest BCUT2D eigenvalue weighted by atomic mass is 9.69. The predicted octanol–water partition coefficient (Wildman–Crippen LogP) is 6.81. The van der Waals surface area contributed by atoms with E-state index in [9.17, 15) is 9.59 Å². The summed E-state index contributed by atoms with van der Waals surface area (Å²) >= 11 is 0. The number of carbonyl (C=O) groups excluding carboxylic acids is 2. The first kappa shape index (κ1) is 26.0. The number of ketones is 1. The standard InChI is InChI=1S/C35H34N2O3/c1-22(2)21-30-31(25-17-19-27(40-3)20-18-25)32(35(37-30)28-11-7-8-12-29(28)36-34(35)39)33(38)26-15-13-24(14-16-26)23-9-5-4-6-10-23/h4-20,22,30-32,37H,21H2,1-3H3,(H,36,39). The van der Waals surface area contributed by atoms with E-state index >= 15 is 0 Å². The van der Waals surface area contributed by atoms with Gasteiger partial charge in [-0.3, -0.25) is 14.9 Å². The SMILES string of the molecule is COc1ccc(C2C(CC(C)C)NC3(C(=O)Nc4ccccc43)C2C(=O)c2ccc(-c3ccccc3)cc2)cc1. The number of hydrogen-bond donors (Lipinski definition) is 2. The van der Waals surface area contributed by atoms with Crippen LogP contribution in [0.15, 0.2) is 103 Å². The van der Waals surface area contributed by atoms with Crippen molar-refractivity contribution in [3.8, 4) is 16.9 Å². The van der Waals surface area contributed by atoms with Crippen LogP contribution in [0.2, 0.25) is 0 Å². The normalized spacial score (nSPS) is 23.3. The van der Waals surface area contributed by atoms with Crippen molar-refractivity contribution in [3.05, 3.63) is 120 Å². The largest absolute Gasteiger partial charge is 0.497 e. The molecule has 0 bridgehead atoms. The van der Waals surface area contributed by atoms with E-state index in [1.807, 2.05) is 91.0 Å². The molecule has 4 aromatic carbocycles. The average molecular weight is 531 g/mol. The highest BCUT2D eigenvalue weighted by Gasteiger charge is 2.64. The minimum absolute atomic E-state index is 0.0361. The smallest absolute Gasteiger partial charge is 0.250 e. The molecule has 2 aliphatic heterocycles. The molecule has 5 nitrogen and oxygen atoms in total. The third-order valence-electron chi connectivity index (χ3n) is 8.42. The third-order valence-corrected chi connectivity index (χ3v) is 8.42. The molecular formula is C35H34N2O3. The first-order valence-electron chi connectivity index (χ1n) is 13.9. The van der Waals surface area contributed by atoms with Crippen LogP contribution in [0, 0.1) is 11.8 Å². The molecule has 4 atom stereocenters. The van der Waals surface area contributed by atoms with E-state index < -0.39 is 11.5 Å². The number of ether oxygens (including phenoxy) is 1. The topological polar surface area (TPSA) is 67.4 Å². The molecule has 0 radical (unpaired) electrons. The van der Waals surface area contributed by atoms with Crippen LogP contribution >= 0.6 is 0 Å². The summed E-state index contributed by atoms with van der Waals surface area (Å²) in [6, 6.07) is 33.5. The van der Waals surface area contributed by atoms with Gasteiger partial charge in [-0.1, -0.05) is 98.8 Å². The van der Waals surface area contributed by atoms with Crippen molar-refractivity contribution in [3.63, 3.8) is 0 Å². The van der Waals surface area contributed by atoms with Crippen molar-refractivity contribution in [1.29, 1.82) is 0 Å². The number of rotatable bonds is 7. The number of hydrogen-bond acceptors (Lipinski definition) is 4. The Morgan fingerprint density at radius 2 is 1.50 bits per heavy atom. The second-order valence-corrected chi connectivity index (χ2v) is 11.3. The van der Waals surface area contributed by atoms with Gasteiger partial charge in [-0.15, -0.1) is 0 Å². The summed E-state index contributed by atoms with van der Waals surface area (Å²) in [5.41, 5.74) is 4.19. The van der Waals surface area contributed by atoms with Gasteiger partial charge < -0.3 is 10.1 Å². The zero-order valence-electron chi connectivity index (χ0n) is 23.1. The third kappa shape index (κ3) is 4.31. The lowest BCUT2D eigenvalue weighted by molar-refractivity contribution is -0.122. The van der Waals surface area contributed by atoms with Gasteiger partial charge in [0, 0.05) is 28.8 Å². The molecule has 0 aromatic heterocycles. The van der Waals surface area contributed by atoms with E-state index in [-0.39, 0.29) is 23.7 Å². The number of amides is 1. The van der Waals surface area contributed by atoms with Crippen LogP contribution < -0.4 is 15.4 Å². The molecule has 1 amide bonds. The molecule has 5 heteroatoms. The Balaban J connectivity index is 1.50. The summed E-state index contributed by atoms with van der Waals surface area (Å²) in [6.45, 7) is 4.36. The van der Waals surface area contributed by atoms with Gasteiger partial charge in [-0.2, -0.15) is 0 Å². The van der Waals surface area contributed by atoms with E-state index in [1.165, 1.54) is 0 Å². The number of carbonyl (C=O) groups is 2. The van der Waals surface area contributed by atoms with Crippen LogP contribution in [0.3, 0.4) is 0 Å². The second-order valence-electron chi connectivity index (χ2n) is 11.3. The monoisotopic (exact) mass is 530 g/mol. The highest BCUT2D eigenvalue weighted by atomic mass is 16.5. The molecule has 2 aliphatic rings. The first-order chi connectivity index (χ1) is 19.4. The van der Waals surface area contributed by atoms with Gasteiger partial charge >= 0.3 is 0 Å². The molecule has 1 fully saturated rings. The van der Waals surface area contributed by atoms with Gasteiger partial charge in [0.05, 0.1) is 13.0 Å². The summed E-state index contributed by atoms with van der Waals surface area (Å²) in [5, 5.41) is 6.84. The minimum Gasteiger partial charge on any atom is -0.497 e. The first-order valence-corrected chi connectivity index (χ1v) is 13.9. The number of benzene rings is 4. The van der Waals surface area contributed by atoms with Crippen molar-refractivity contribution >= 4 is 17.4 Å². The van der Waals surface area contributed by atoms with Crippen molar-refractivity contribution in [2.24, 2.45) is 11.8 Å². The summed E-state index contributed by atoms with van der Waals surface area (Å²) in [4.78, 5) is 28.7. The molecule has 0 saturated carbocycles. The van der Waals surface area contributed by atoms with Crippen molar-refractivity contribution in [2.45, 2.75) is 37.8 Å². The fourth-order valence-electron chi connectivity index (χ4n) is 6.67. The summed E-state index contributed by atoms with van der Waals surface area (Å²) in [6.07, 6.45) is 0.824. The van der Waals surface area contributed by atoms with Gasteiger partial charge in [-0.25, -0.2) is 0 Å². The van der Waals surface area contributed by atoms with E-state index in [0.717, 1.165) is 40.1 Å². The Labute approximate surface area is 235 Å². The molecule has 4 aromatic rings. The average Bonchev–Trinajstić information content (AvgIpc) is 3.46. The molecule has 1 saturated heterocycles. The molecule has 2 N–H and O–H groups in total. The Bertz CT molecular complexity index is 1530. The van der Waals surface area contributed by atoms with Crippen LogP contribution in [0.25, 0.3) is 11.1 Å². The zero-order valence-corrected chi connectivity index (χ0v) is 23.1. The zero-order chi connectivity index (χ0) is 27.9. The van der Waals surface area contributed by atoms with Gasteiger partial charge in [0.15, 0.2) is 5.78 Å². The van der Waals surface area contributed by atoms with E-state index in [4.69, 9.17) is 4.74 Å². The van der Waals surface area contributed by atoms with Gasteiger partial charge in [0.1, 0.15) is 11.3 Å². The maximum absolute atomic E-state index is 14.7. The maximum Gasteiger partial charge on any atom is 0.250 e. The molecule has 6 rings (SSSR count). The predicted molar refractivity (Wildman–Crippen MR) is 159 cm³/mol. The fourth-order valence-corrected chi connectivity index (χ4v) is 6.67. The van der Waals surface area contributed by atoms with Gasteiger partial charge in [-0.05, 0) is 47.2 Å². The van der Waals surface area contributed by atoms with Crippen LogP contribution in [-0.4, -0.2) is 24.8 Å². The van der Waals surface area contributed by atoms with E-state index in [2.05, 4.69) is 36.6 Å². The number of fused-ring (bicyclic) bond motifs is 2. The fraction of sp³-hybridized carbons (Fsp3) is 0.257. The Hall–Kier alpha value is -4.22. The number of methoxy groups -OCH3 is 1. The maximum atomic E-state index is 14.7. The highest BCUT2D eigenvalue weighted by Crippen LogP contribution is 2.54. The second kappa shape index (κ2) is 10.4. The molecular weight excluding hydrogens is 496 g/mol. The Kier molecular flexibility index (Phi) is 6.77. The lowest BCUT2D eigenvalue weighted by Crippen LogP contribution is -2.51. The number of nitrogens with one attached hydrogen (secondary N) is 2. The molecule has 1 spiro atoms. The lowest BCUT2D eigenvalue weighted by Gasteiger charge is -2.31. The van der Waals surface area contributed by atoms with Gasteiger partial charge in [0.25, 0.3) is 0 Å². The van der Waals surface area contributed by atoms with Gasteiger partial charge in [0.2, 0.25) is 5.91 Å². The Morgan fingerprint density at radius 1 is 0.850 bits per heavy atom. The Morgan fingerprint density at radius 3 is 2.17 bits per heavy atom. The minimum atomic E-state index is -1.17. The van der Waals surface area contributed by atoms with Crippen LogP contribution in [0.5, 0.6) is 5.75 Å². The van der Waals surface area contributed by atoms with E-state index in [0.29, 0.717) is 11.5 Å². The molecule has 0 aliphatic carbocycles. The van der Waals surface area contributed by atoms with Crippen LogP contribution in [0.1, 0.15) is 47.7 Å². The van der Waals surface area contributed by atoms with Crippen molar-refractivity contribution in [1.82, 2.24) is 5.32 Å². The molecule has 40 heavy (non-hydrogen) atoms. The summed E-state index contributed by atoms with van der Waals surface area (Å²) in [5.74, 6) is 0.0633. The van der Waals surface area contributed by atoms with E-state index in [1.54, 1.807) is 7.11 Å². The van der Waals surface area contributed by atoms with Crippen molar-refractivity contribution < 1.29 is 14.3 Å². The molecule has 2 heterocycles. The number of Topliss-reactive ketones (excluding diaryl/α,β-unsaturated/α-hetero) is 1. The number of para-hydroxylation sites is 1. The highest BCUT2D eigenvalue weighted by molar-refractivity contribution is 6.12. The molecule has 4 unspecified atom stereocenters. The van der Waals surface area contributed by atoms with Crippen LogP contribution in [-0.2, 0) is 10.3 Å². The summed E-state index contributed by atoms with van der Waals surface area (Å²) in [7, 11) is 1.65. The quantitative estimate of drug-likeness (QED) is 0.258. The van der Waals surface area contributed by atoms with Crippen LogP contribution in [0.4, 0.5) is 5.69 Å². The molecule has 202 valence electrons. The number of anilines is 1. The summed E-state index contributed by atoms with van der Waals surface area (Å²) < 4.78 is 5.42. The van der Waals surface area contributed by atoms with Crippen molar-refractivity contribution in [2.75, 3.05) is 12.4 Å².